The molecule has 0 N–H and O–H groups in total. The first-order valence-corrected chi connectivity index (χ1v) is 19.0. The van der Waals surface area contributed by atoms with Crippen LogP contribution in [0, 0.1) is 0 Å². The average molecular weight is 737 g/mol. The van der Waals surface area contributed by atoms with Gasteiger partial charge in [0.2, 0.25) is 0 Å². The van der Waals surface area contributed by atoms with Gasteiger partial charge < -0.3 is 4.42 Å². The summed E-state index contributed by atoms with van der Waals surface area (Å²) in [6, 6.07) is 17.7. The zero-order valence-corrected chi connectivity index (χ0v) is 32.9. The van der Waals surface area contributed by atoms with Gasteiger partial charge in [0.1, 0.15) is 145 Å². The van der Waals surface area contributed by atoms with Gasteiger partial charge >= 0.3 is 0 Å². The molecule has 34 radical (unpaired) electrons. The van der Waals surface area contributed by atoms with Crippen molar-refractivity contribution in [3.63, 3.8) is 0 Å². The van der Waals surface area contributed by atoms with E-state index in [0.717, 1.165) is 21.5 Å². The molecule has 0 saturated carbocycles. The predicted octanol–water partition coefficient (Wildman–Crippen LogP) is -7.82. The molecular formula is C44H9B17O. The molecule has 0 spiro atoms. The van der Waals surface area contributed by atoms with Crippen LogP contribution in [0.3, 0.4) is 0 Å². The Morgan fingerprint density at radius 1 is 0.258 bits per heavy atom. The first-order chi connectivity index (χ1) is 29.4. The average Bonchev–Trinajstić information content (AvgIpc) is 3.62. The molecule has 242 valence electrons. The molecule has 9 aromatic carbocycles. The van der Waals surface area contributed by atoms with Crippen LogP contribution >= 0.6 is 0 Å². The van der Waals surface area contributed by atoms with Gasteiger partial charge in [0, 0.05) is 10.8 Å². The Balaban J connectivity index is 1.52. The van der Waals surface area contributed by atoms with Crippen molar-refractivity contribution in [1.29, 1.82) is 0 Å². The van der Waals surface area contributed by atoms with Gasteiger partial charge in [-0.1, -0.05) is 79.5 Å². The maximum Gasteiger partial charge on any atom is 0.136 e. The Morgan fingerprint density at radius 2 is 0.613 bits per heavy atom. The topological polar surface area (TPSA) is 13.1 Å². The Morgan fingerprint density at radius 3 is 1.08 bits per heavy atom. The summed E-state index contributed by atoms with van der Waals surface area (Å²) in [4.78, 5) is 0. The number of fused-ring (bicyclic) bond motifs is 9. The van der Waals surface area contributed by atoms with Crippen LogP contribution in [0.15, 0.2) is 59.0 Å². The zero-order chi connectivity index (χ0) is 44.3. The van der Waals surface area contributed by atoms with E-state index in [0.29, 0.717) is 33.1 Å². The number of hydrogen-bond acceptors (Lipinski definition) is 1. The second kappa shape index (κ2) is 14.1. The Bertz CT molecular complexity index is 3700. The van der Waals surface area contributed by atoms with E-state index in [-0.39, 0.29) is 136 Å². The molecule has 0 bridgehead atoms. The number of rotatable bonds is 2. The summed E-state index contributed by atoms with van der Waals surface area (Å²) in [7, 11) is 116. The lowest BCUT2D eigenvalue weighted by Gasteiger charge is -2.32. The highest BCUT2D eigenvalue weighted by molar-refractivity contribution is 6.76. The summed E-state index contributed by atoms with van der Waals surface area (Å²) < 4.78 is 6.37. The fourth-order valence-electron chi connectivity index (χ4n) is 9.34. The second-order valence-corrected chi connectivity index (χ2v) is 15.7. The number of benzene rings is 9. The van der Waals surface area contributed by atoms with Crippen molar-refractivity contribution in [2.45, 2.75) is 0 Å². The van der Waals surface area contributed by atoms with Crippen LogP contribution < -0.4 is 92.9 Å². The Labute approximate surface area is 381 Å². The van der Waals surface area contributed by atoms with Crippen molar-refractivity contribution in [1.82, 2.24) is 0 Å². The Hall–Kier alpha value is -4.82. The van der Waals surface area contributed by atoms with Gasteiger partial charge in [-0.05, 0) is 100 Å². The van der Waals surface area contributed by atoms with Gasteiger partial charge in [0.05, 0.1) is 0 Å². The lowest BCUT2D eigenvalue weighted by Crippen LogP contribution is -2.52. The van der Waals surface area contributed by atoms with Crippen LogP contribution in [0.25, 0.3) is 98.1 Å². The van der Waals surface area contributed by atoms with Gasteiger partial charge in [-0.3, -0.25) is 0 Å². The molecule has 0 aliphatic rings. The molecular weight excluding hydrogens is 728 g/mol. The molecule has 1 nitrogen and oxygen atoms in total. The van der Waals surface area contributed by atoms with Crippen molar-refractivity contribution < 1.29 is 4.42 Å². The van der Waals surface area contributed by atoms with Crippen molar-refractivity contribution >= 4 is 302 Å². The minimum atomic E-state index is -0.0592. The SMILES string of the molecule is [B]c1c([B])c([B])c2c(-c3c([B])c4c([B])c([B])c([B])c([B])c4c4c([B])c([B])c([B])c([B])c34)c3c([B])c([B])c([B])c([B])c3c(-c3ccc4oc5cc6ccccc6cc5c4c3)c2c1[B]. The molecule has 0 aliphatic heterocycles. The molecule has 0 atom stereocenters. The largest absolute Gasteiger partial charge is 0.456 e. The van der Waals surface area contributed by atoms with Gasteiger partial charge in [0.25, 0.3) is 0 Å². The van der Waals surface area contributed by atoms with E-state index < -0.39 is 0 Å². The van der Waals surface area contributed by atoms with E-state index in [4.69, 9.17) is 138 Å². The highest BCUT2D eigenvalue weighted by atomic mass is 16.3. The van der Waals surface area contributed by atoms with Gasteiger partial charge in [-0.2, -0.15) is 0 Å². The van der Waals surface area contributed by atoms with Crippen molar-refractivity contribution in [3.05, 3.63) is 54.6 Å². The van der Waals surface area contributed by atoms with Crippen LogP contribution in [0.5, 0.6) is 0 Å². The molecule has 10 rings (SSSR count). The summed E-state index contributed by atoms with van der Waals surface area (Å²) in [6.07, 6.45) is 0. The Kier molecular flexibility index (Phi) is 9.37. The standard InChI is InChI=1S/C44H9B17O/c45-28-21(24-25(34(51)42(59)41(58)33(24)50)26-27(28)36(53)44(61)43(60)35(26)52)18-22-19(29(46)37(54)39(56)31(22)48)17(20-23(18)32(49)40(57)38(55)30(20)47)12-5-6-15-13(8-12)14-7-10-3-1-2-4-11(10)9-16(14)62-15/h1-9H. The maximum absolute atomic E-state index is 7.33. The minimum absolute atomic E-state index is 0.00444. The smallest absolute Gasteiger partial charge is 0.136 e. The third-order valence-corrected chi connectivity index (χ3v) is 12.6. The van der Waals surface area contributed by atoms with E-state index in [1.807, 2.05) is 48.5 Å². The maximum atomic E-state index is 7.33. The predicted molar refractivity (Wildman–Crippen MR) is 284 cm³/mol. The minimum Gasteiger partial charge on any atom is -0.456 e. The lowest BCUT2D eigenvalue weighted by atomic mass is 9.56. The fourth-order valence-corrected chi connectivity index (χ4v) is 9.34. The van der Waals surface area contributed by atoms with Crippen molar-refractivity contribution in [2.75, 3.05) is 0 Å². The molecule has 0 fully saturated rings. The molecule has 0 saturated heterocycles. The highest BCUT2D eigenvalue weighted by Crippen LogP contribution is 2.44. The van der Waals surface area contributed by atoms with E-state index in [9.17, 15) is 0 Å². The zero-order valence-electron chi connectivity index (χ0n) is 32.9. The first kappa shape index (κ1) is 41.2. The number of hydrogen-bond donors (Lipinski definition) is 0. The molecule has 62 heavy (non-hydrogen) atoms. The first-order valence-electron chi connectivity index (χ1n) is 19.0. The lowest BCUT2D eigenvalue weighted by molar-refractivity contribution is 0.669. The fraction of sp³-hybridized carbons (Fsp3) is 0. The molecule has 1 aromatic heterocycles. The van der Waals surface area contributed by atoms with Crippen LogP contribution in [-0.2, 0) is 0 Å². The van der Waals surface area contributed by atoms with Crippen LogP contribution in [-0.4, -0.2) is 133 Å². The monoisotopic (exact) mass is 740 g/mol. The highest BCUT2D eigenvalue weighted by Gasteiger charge is 2.29. The molecule has 0 unspecified atom stereocenters. The van der Waals surface area contributed by atoms with E-state index >= 15 is 0 Å². The van der Waals surface area contributed by atoms with E-state index in [1.165, 1.54) is 0 Å². The summed E-state index contributed by atoms with van der Waals surface area (Å²) in [5, 5.41) is 5.48. The normalized spacial score (nSPS) is 12.0. The van der Waals surface area contributed by atoms with Crippen molar-refractivity contribution in [3.8, 4) is 22.3 Å². The third-order valence-electron chi connectivity index (χ3n) is 12.6. The van der Waals surface area contributed by atoms with Crippen molar-refractivity contribution in [2.24, 2.45) is 0 Å². The molecule has 0 aliphatic carbocycles. The molecule has 18 heteroatoms. The summed E-state index contributed by atoms with van der Waals surface area (Å²) in [5.74, 6) is 0. The summed E-state index contributed by atoms with van der Waals surface area (Å²) in [6.45, 7) is 0. The quantitative estimate of drug-likeness (QED) is 0.0979. The number of furan rings is 1. The summed E-state index contributed by atoms with van der Waals surface area (Å²) in [5.41, 5.74) is 2.41. The van der Waals surface area contributed by atoms with Gasteiger partial charge in [0.15, 0.2) is 0 Å². The van der Waals surface area contributed by atoms with E-state index in [2.05, 4.69) is 6.07 Å². The van der Waals surface area contributed by atoms with Gasteiger partial charge in [-0.15, -0.1) is 43.7 Å². The summed E-state index contributed by atoms with van der Waals surface area (Å²) >= 11 is 0. The second-order valence-electron chi connectivity index (χ2n) is 15.7. The van der Waals surface area contributed by atoms with Crippen LogP contribution in [0.1, 0.15) is 0 Å². The van der Waals surface area contributed by atoms with Crippen LogP contribution in [0.2, 0.25) is 0 Å². The van der Waals surface area contributed by atoms with E-state index in [1.54, 1.807) is 0 Å². The van der Waals surface area contributed by atoms with Gasteiger partial charge in [-0.25, -0.2) is 0 Å². The third kappa shape index (κ3) is 5.28. The molecule has 1 heterocycles. The van der Waals surface area contributed by atoms with Crippen LogP contribution in [0.4, 0.5) is 0 Å². The molecule has 10 aromatic rings. The molecule has 0 amide bonds.